The quantitative estimate of drug-likeness (QED) is 0.489. The largest absolute Gasteiger partial charge is 0.496 e. The molecule has 1 saturated heterocycles. The maximum absolute atomic E-state index is 14.7. The van der Waals surface area contributed by atoms with E-state index < -0.39 is 51.6 Å². The second-order valence-corrected chi connectivity index (χ2v) is 11.5. The number of aliphatic hydroxyl groups excluding tert-OH is 1. The van der Waals surface area contributed by atoms with Crippen LogP contribution in [0.3, 0.4) is 0 Å². The van der Waals surface area contributed by atoms with Gasteiger partial charge in [0.05, 0.1) is 29.7 Å². The molecule has 2 aromatic rings. The maximum Gasteiger partial charge on any atom is 0.416 e. The molecule has 1 heterocycles. The number of likely N-dealkylation sites (tertiary alicyclic amines) is 1. The lowest BCUT2D eigenvalue weighted by atomic mass is 9.99. The van der Waals surface area contributed by atoms with E-state index in [1.807, 2.05) is 0 Å². The number of alkyl halides is 3. The smallest absolute Gasteiger partial charge is 0.416 e. The second-order valence-electron chi connectivity index (χ2n) is 9.50. The van der Waals surface area contributed by atoms with Crippen LogP contribution >= 0.6 is 0 Å². The molecular weight excluding hydrogens is 516 g/mol. The van der Waals surface area contributed by atoms with Crippen LogP contribution in [0.25, 0.3) is 0 Å². The minimum atomic E-state index is -4.69. The average molecular weight is 545 g/mol. The number of aliphatic hydroxyl groups is 1. The first-order valence-electron chi connectivity index (χ1n) is 11.8. The van der Waals surface area contributed by atoms with E-state index >= 15 is 0 Å². The Kier molecular flexibility index (Phi) is 7.55. The van der Waals surface area contributed by atoms with Crippen LogP contribution in [0.1, 0.15) is 54.6 Å². The second kappa shape index (κ2) is 10.2. The molecule has 0 spiro atoms. The van der Waals surface area contributed by atoms with Crippen LogP contribution in [0.15, 0.2) is 41.3 Å². The predicted molar refractivity (Wildman–Crippen MR) is 126 cm³/mol. The molecule has 12 heteroatoms. The molecule has 2 fully saturated rings. The molecule has 37 heavy (non-hydrogen) atoms. The van der Waals surface area contributed by atoms with Crippen molar-refractivity contribution in [2.24, 2.45) is 5.92 Å². The van der Waals surface area contributed by atoms with Gasteiger partial charge in [-0.15, -0.1) is 0 Å². The zero-order chi connectivity index (χ0) is 27.1. The molecule has 1 aliphatic heterocycles. The summed E-state index contributed by atoms with van der Waals surface area (Å²) in [7, 11) is -2.20. The van der Waals surface area contributed by atoms with E-state index in [1.165, 1.54) is 30.2 Å². The summed E-state index contributed by atoms with van der Waals surface area (Å²) in [6, 6.07) is 4.75. The predicted octanol–water partition coefficient (Wildman–Crippen LogP) is 3.98. The van der Waals surface area contributed by atoms with E-state index in [0.717, 1.165) is 18.4 Å². The van der Waals surface area contributed by atoms with Crippen LogP contribution in [0.2, 0.25) is 0 Å². The number of halogens is 4. The number of amides is 1. The number of carbonyl (C=O) groups excluding carboxylic acids is 1. The van der Waals surface area contributed by atoms with Crippen LogP contribution < -0.4 is 10.1 Å². The van der Waals surface area contributed by atoms with Gasteiger partial charge >= 0.3 is 6.18 Å². The van der Waals surface area contributed by atoms with E-state index in [-0.39, 0.29) is 27.7 Å². The summed E-state index contributed by atoms with van der Waals surface area (Å²) in [6.45, 7) is 0.328. The summed E-state index contributed by atoms with van der Waals surface area (Å²) in [5.41, 5.74) is -0.945. The number of hydrogen-bond donors (Lipinski definition) is 2. The van der Waals surface area contributed by atoms with Crippen LogP contribution in [0.4, 0.5) is 17.6 Å². The summed E-state index contributed by atoms with van der Waals surface area (Å²) in [4.78, 5) is 14.8. The van der Waals surface area contributed by atoms with Crippen molar-refractivity contribution >= 4 is 15.7 Å². The summed E-state index contributed by atoms with van der Waals surface area (Å²) in [5, 5.41) is 14.0. The number of carbonyl (C=O) groups is 1. The van der Waals surface area contributed by atoms with Gasteiger partial charge in [-0.2, -0.15) is 13.2 Å². The Morgan fingerprint density at radius 1 is 1.14 bits per heavy atom. The van der Waals surface area contributed by atoms with Gasteiger partial charge in [-0.05, 0) is 61.9 Å². The van der Waals surface area contributed by atoms with Crippen molar-refractivity contribution in [2.45, 2.75) is 55.1 Å². The molecule has 2 aromatic carbocycles. The highest BCUT2D eigenvalue weighted by Gasteiger charge is 2.41. The van der Waals surface area contributed by atoms with Crippen LogP contribution in [-0.2, 0) is 20.8 Å². The molecule has 0 aromatic heterocycles. The highest BCUT2D eigenvalue weighted by atomic mass is 32.2. The molecule has 1 unspecified atom stereocenters. The molecular formula is C25H28F4N2O5S. The fourth-order valence-electron chi connectivity index (χ4n) is 4.77. The molecule has 0 radical (unpaired) electrons. The van der Waals surface area contributed by atoms with Gasteiger partial charge in [0.25, 0.3) is 0 Å². The molecule has 1 aliphatic carbocycles. The van der Waals surface area contributed by atoms with E-state index in [0.29, 0.717) is 38.3 Å². The summed E-state index contributed by atoms with van der Waals surface area (Å²) < 4.78 is 83.0. The van der Waals surface area contributed by atoms with Crippen molar-refractivity contribution in [3.8, 4) is 5.75 Å². The first kappa shape index (κ1) is 27.3. The Labute approximate surface area is 212 Å². The Bertz CT molecular complexity index is 1280. The van der Waals surface area contributed by atoms with Gasteiger partial charge in [0.2, 0.25) is 5.91 Å². The van der Waals surface area contributed by atoms with Crippen LogP contribution in [0.5, 0.6) is 5.75 Å². The Morgan fingerprint density at radius 2 is 1.84 bits per heavy atom. The van der Waals surface area contributed by atoms with Crippen LogP contribution in [0, 0.1) is 11.7 Å². The molecule has 2 aliphatic rings. The number of hydrogen-bond acceptors (Lipinski definition) is 6. The fourth-order valence-corrected chi connectivity index (χ4v) is 5.43. The summed E-state index contributed by atoms with van der Waals surface area (Å²) >= 11 is 0. The Balaban J connectivity index is 1.57. The van der Waals surface area contributed by atoms with E-state index in [4.69, 9.17) is 4.74 Å². The molecule has 1 amide bonds. The van der Waals surface area contributed by atoms with E-state index in [2.05, 4.69) is 5.32 Å². The molecule has 202 valence electrons. The van der Waals surface area contributed by atoms with E-state index in [9.17, 15) is 35.9 Å². The molecule has 0 bridgehead atoms. The number of nitrogens with one attached hydrogen (secondary N) is 1. The normalized spacial score (nSPS) is 20.5. The van der Waals surface area contributed by atoms with Crippen molar-refractivity contribution in [3.05, 3.63) is 58.9 Å². The summed E-state index contributed by atoms with van der Waals surface area (Å²) in [6.07, 6.45) is -2.69. The van der Waals surface area contributed by atoms with Gasteiger partial charge in [-0.25, -0.2) is 12.8 Å². The van der Waals surface area contributed by atoms with Crippen molar-refractivity contribution in [1.29, 1.82) is 0 Å². The third-order valence-corrected chi connectivity index (χ3v) is 7.98. The maximum atomic E-state index is 14.7. The SMILES string of the molecule is COc1ccc(S(C)(=O)=O)cc1C(O)N1CCC[C@@H]1C(=O)N[C@@H](c1ccc(C(F)(F)F)cc1F)C1CC1. The van der Waals surface area contributed by atoms with Crippen molar-refractivity contribution in [3.63, 3.8) is 0 Å². The third kappa shape index (κ3) is 5.91. The van der Waals surface area contributed by atoms with Crippen molar-refractivity contribution < 1.29 is 40.6 Å². The molecule has 1 saturated carbocycles. The number of sulfone groups is 1. The number of nitrogens with zero attached hydrogens (tertiary/aromatic N) is 1. The summed E-state index contributed by atoms with van der Waals surface area (Å²) in [5.74, 6) is -1.40. The minimum absolute atomic E-state index is 0.0172. The first-order valence-corrected chi connectivity index (χ1v) is 13.7. The van der Waals surface area contributed by atoms with Gasteiger partial charge in [-0.3, -0.25) is 9.69 Å². The topological polar surface area (TPSA) is 95.9 Å². The monoisotopic (exact) mass is 544 g/mol. The standard InChI is InChI=1S/C25H28F4N2O5S/c1-36-21-10-8-16(37(2,34)35)13-18(21)24(33)31-11-3-4-20(31)23(32)30-22(14-5-6-14)17-9-7-15(12-19(17)26)25(27,28)29/h7-10,12-14,20,22,24,33H,3-6,11H2,1-2H3,(H,30,32)/t20-,22-,24?/m1/s1. The zero-order valence-electron chi connectivity index (χ0n) is 20.3. The number of ether oxygens (including phenoxy) is 1. The fraction of sp³-hybridized carbons (Fsp3) is 0.480. The highest BCUT2D eigenvalue weighted by molar-refractivity contribution is 7.90. The Hall–Kier alpha value is -2.70. The minimum Gasteiger partial charge on any atom is -0.496 e. The van der Waals surface area contributed by atoms with E-state index in [1.54, 1.807) is 0 Å². The lowest BCUT2D eigenvalue weighted by Crippen LogP contribution is -2.46. The first-order chi connectivity index (χ1) is 17.3. The van der Waals surface area contributed by atoms with Gasteiger partial charge in [0, 0.05) is 23.9 Å². The van der Waals surface area contributed by atoms with Crippen molar-refractivity contribution in [2.75, 3.05) is 19.9 Å². The third-order valence-electron chi connectivity index (χ3n) is 6.87. The van der Waals surface area contributed by atoms with Gasteiger partial charge in [0.1, 0.15) is 17.8 Å². The number of benzene rings is 2. The zero-order valence-corrected chi connectivity index (χ0v) is 21.1. The lowest BCUT2D eigenvalue weighted by molar-refractivity contribution is -0.137. The van der Waals surface area contributed by atoms with Gasteiger partial charge < -0.3 is 15.2 Å². The Morgan fingerprint density at radius 3 is 2.41 bits per heavy atom. The van der Waals surface area contributed by atoms with Gasteiger partial charge in [-0.1, -0.05) is 6.07 Å². The van der Waals surface area contributed by atoms with Crippen LogP contribution in [-0.4, -0.2) is 50.3 Å². The number of methoxy groups -OCH3 is 1. The molecule has 7 nitrogen and oxygen atoms in total. The molecule has 2 N–H and O–H groups in total. The average Bonchev–Trinajstić information content (AvgIpc) is 3.55. The van der Waals surface area contributed by atoms with Gasteiger partial charge in [0.15, 0.2) is 9.84 Å². The van der Waals surface area contributed by atoms with Crippen molar-refractivity contribution in [1.82, 2.24) is 10.2 Å². The highest BCUT2D eigenvalue weighted by Crippen LogP contribution is 2.43. The molecule has 3 atom stereocenters. The molecule has 4 rings (SSSR count). The number of rotatable bonds is 8. The lowest BCUT2D eigenvalue weighted by Gasteiger charge is -2.31.